The molecule has 1 unspecified atom stereocenters. The molecule has 0 aromatic heterocycles. The first-order valence-corrected chi connectivity index (χ1v) is 9.67. The van der Waals surface area contributed by atoms with E-state index in [0.29, 0.717) is 5.69 Å². The predicted octanol–water partition coefficient (Wildman–Crippen LogP) is 4.49. The molecule has 0 aliphatic carbocycles. The normalized spacial score (nSPS) is 11.5. The molecular formula is C18H19N3O4S2. The number of carbonyl (C=O) groups is 2. The average molecular weight is 406 g/mol. The highest BCUT2D eigenvalue weighted by Gasteiger charge is 2.15. The number of nitrogens with zero attached hydrogens (tertiary/aromatic N) is 2. The number of non-ortho nitro benzene ring substituents is 1. The quantitative estimate of drug-likeness (QED) is 0.432. The Hall–Kier alpha value is -2.52. The standard InChI is InChI=1S/C18H19N3O4S2/c1-12(26-15-10-6-14(7-11-15)21(24)25)17(22)19-13-4-8-16(9-5-13)27-18(23)20(2)3/h4-12H,1-3H3,(H,19,22). The molecule has 0 aliphatic rings. The van der Waals surface area contributed by atoms with Crippen molar-refractivity contribution in [1.82, 2.24) is 4.90 Å². The summed E-state index contributed by atoms with van der Waals surface area (Å²) in [5.41, 5.74) is 0.653. The minimum Gasteiger partial charge on any atom is -0.339 e. The summed E-state index contributed by atoms with van der Waals surface area (Å²) in [7, 11) is 3.38. The first kappa shape index (κ1) is 20.8. The number of anilines is 1. The average Bonchev–Trinajstić information content (AvgIpc) is 2.63. The first-order valence-electron chi connectivity index (χ1n) is 7.97. The van der Waals surface area contributed by atoms with Crippen LogP contribution in [0.4, 0.5) is 16.2 Å². The lowest BCUT2D eigenvalue weighted by atomic mass is 10.3. The summed E-state index contributed by atoms with van der Waals surface area (Å²) in [5, 5.41) is 13.0. The zero-order chi connectivity index (χ0) is 20.0. The van der Waals surface area contributed by atoms with E-state index in [1.54, 1.807) is 57.4 Å². The summed E-state index contributed by atoms with van der Waals surface area (Å²) in [6.45, 7) is 1.77. The molecule has 0 aliphatic heterocycles. The Kier molecular flexibility index (Phi) is 7.26. The number of nitro groups is 1. The van der Waals surface area contributed by atoms with E-state index in [9.17, 15) is 19.7 Å². The molecule has 7 nitrogen and oxygen atoms in total. The van der Waals surface area contributed by atoms with Crippen molar-refractivity contribution in [3.63, 3.8) is 0 Å². The summed E-state index contributed by atoms with van der Waals surface area (Å²) < 4.78 is 0. The molecule has 0 spiro atoms. The Morgan fingerprint density at radius 3 is 2.11 bits per heavy atom. The van der Waals surface area contributed by atoms with E-state index in [0.717, 1.165) is 21.6 Å². The summed E-state index contributed by atoms with van der Waals surface area (Å²) in [6, 6.07) is 13.1. The van der Waals surface area contributed by atoms with Crippen molar-refractivity contribution >= 4 is 46.0 Å². The van der Waals surface area contributed by atoms with Crippen molar-refractivity contribution < 1.29 is 14.5 Å². The Balaban J connectivity index is 1.91. The van der Waals surface area contributed by atoms with Crippen LogP contribution >= 0.6 is 23.5 Å². The van der Waals surface area contributed by atoms with Crippen molar-refractivity contribution in [1.29, 1.82) is 0 Å². The van der Waals surface area contributed by atoms with Crippen LogP contribution in [-0.4, -0.2) is 40.3 Å². The maximum absolute atomic E-state index is 12.3. The van der Waals surface area contributed by atoms with Gasteiger partial charge in [-0.25, -0.2) is 0 Å². The van der Waals surface area contributed by atoms with Gasteiger partial charge in [0.2, 0.25) is 5.91 Å². The maximum atomic E-state index is 12.3. The van der Waals surface area contributed by atoms with Gasteiger partial charge in [0.15, 0.2) is 0 Å². The van der Waals surface area contributed by atoms with Gasteiger partial charge in [0.1, 0.15) is 0 Å². The largest absolute Gasteiger partial charge is 0.339 e. The zero-order valence-corrected chi connectivity index (χ0v) is 16.7. The SMILES string of the molecule is CC(Sc1ccc([N+](=O)[O-])cc1)C(=O)Nc1ccc(SC(=O)N(C)C)cc1. The second kappa shape index (κ2) is 9.43. The highest BCUT2D eigenvalue weighted by Crippen LogP contribution is 2.27. The molecule has 2 aromatic carbocycles. The summed E-state index contributed by atoms with van der Waals surface area (Å²) in [5.74, 6) is -0.178. The van der Waals surface area contributed by atoms with E-state index < -0.39 is 4.92 Å². The van der Waals surface area contributed by atoms with Gasteiger partial charge < -0.3 is 10.2 Å². The third-order valence-corrected chi connectivity index (χ3v) is 5.58. The molecule has 1 N–H and O–H groups in total. The van der Waals surface area contributed by atoms with E-state index in [1.165, 1.54) is 28.8 Å². The fourth-order valence-corrected chi connectivity index (χ4v) is 3.47. The zero-order valence-electron chi connectivity index (χ0n) is 15.0. The molecule has 2 rings (SSSR count). The number of carbonyl (C=O) groups excluding carboxylic acids is 2. The van der Waals surface area contributed by atoms with Crippen LogP contribution in [0.2, 0.25) is 0 Å². The van der Waals surface area contributed by atoms with Crippen LogP contribution in [0.1, 0.15) is 6.92 Å². The van der Waals surface area contributed by atoms with E-state index in [-0.39, 0.29) is 22.1 Å². The van der Waals surface area contributed by atoms with Gasteiger partial charge >= 0.3 is 0 Å². The van der Waals surface area contributed by atoms with Gasteiger partial charge in [-0.05, 0) is 55.1 Å². The molecule has 2 amide bonds. The number of hydrogen-bond acceptors (Lipinski definition) is 6. The second-order valence-electron chi connectivity index (χ2n) is 5.79. The van der Waals surface area contributed by atoms with Gasteiger partial charge in [-0.2, -0.15) is 0 Å². The van der Waals surface area contributed by atoms with E-state index in [2.05, 4.69) is 5.32 Å². The molecule has 1 atom stereocenters. The van der Waals surface area contributed by atoms with Crippen LogP contribution < -0.4 is 5.32 Å². The Bertz CT molecular complexity index is 824. The number of thioether (sulfide) groups is 2. The number of hydrogen-bond donors (Lipinski definition) is 1. The summed E-state index contributed by atoms with van der Waals surface area (Å²) in [6.07, 6.45) is 0. The Labute approximate surface area is 165 Å². The molecular weight excluding hydrogens is 386 g/mol. The molecule has 0 saturated carbocycles. The number of rotatable bonds is 6. The van der Waals surface area contributed by atoms with Crippen LogP contribution in [0.15, 0.2) is 58.3 Å². The van der Waals surface area contributed by atoms with Gasteiger partial charge in [0, 0.05) is 41.7 Å². The highest BCUT2D eigenvalue weighted by molar-refractivity contribution is 8.13. The van der Waals surface area contributed by atoms with Gasteiger partial charge in [0.25, 0.3) is 10.9 Å². The van der Waals surface area contributed by atoms with Crippen LogP contribution in [0.5, 0.6) is 0 Å². The molecule has 0 fully saturated rings. The lowest BCUT2D eigenvalue weighted by Crippen LogP contribution is -2.22. The third kappa shape index (κ3) is 6.30. The predicted molar refractivity (Wildman–Crippen MR) is 108 cm³/mol. The minimum atomic E-state index is -0.460. The van der Waals surface area contributed by atoms with Crippen molar-refractivity contribution in [3.8, 4) is 0 Å². The first-order chi connectivity index (χ1) is 12.8. The number of amides is 2. The molecule has 0 saturated heterocycles. The number of nitro benzene ring substituents is 1. The van der Waals surface area contributed by atoms with Crippen LogP contribution in [0, 0.1) is 10.1 Å². The van der Waals surface area contributed by atoms with Crippen molar-refractivity contribution in [2.24, 2.45) is 0 Å². The maximum Gasteiger partial charge on any atom is 0.285 e. The summed E-state index contributed by atoms with van der Waals surface area (Å²) >= 11 is 2.43. The lowest BCUT2D eigenvalue weighted by Gasteiger charge is -2.13. The second-order valence-corrected chi connectivity index (χ2v) is 8.23. The molecule has 0 radical (unpaired) electrons. The van der Waals surface area contributed by atoms with Gasteiger partial charge in [-0.1, -0.05) is 0 Å². The van der Waals surface area contributed by atoms with Crippen molar-refractivity contribution in [2.45, 2.75) is 22.0 Å². The topological polar surface area (TPSA) is 92.5 Å². The monoisotopic (exact) mass is 405 g/mol. The molecule has 142 valence electrons. The lowest BCUT2D eigenvalue weighted by molar-refractivity contribution is -0.384. The highest BCUT2D eigenvalue weighted by atomic mass is 32.2. The number of benzene rings is 2. The van der Waals surface area contributed by atoms with Gasteiger partial charge in [-0.15, -0.1) is 11.8 Å². The van der Waals surface area contributed by atoms with Crippen LogP contribution in [-0.2, 0) is 4.79 Å². The Morgan fingerprint density at radius 1 is 1.04 bits per heavy atom. The summed E-state index contributed by atoms with van der Waals surface area (Å²) in [4.78, 5) is 37.3. The fraction of sp³-hybridized carbons (Fsp3) is 0.222. The van der Waals surface area contributed by atoms with Gasteiger partial charge in [0.05, 0.1) is 10.2 Å². The minimum absolute atomic E-state index is 0.0159. The molecule has 0 heterocycles. The molecule has 0 bridgehead atoms. The van der Waals surface area contributed by atoms with E-state index in [1.807, 2.05) is 0 Å². The molecule has 2 aromatic rings. The Morgan fingerprint density at radius 2 is 1.59 bits per heavy atom. The van der Waals surface area contributed by atoms with Crippen molar-refractivity contribution in [2.75, 3.05) is 19.4 Å². The van der Waals surface area contributed by atoms with Crippen LogP contribution in [0.3, 0.4) is 0 Å². The third-order valence-electron chi connectivity index (χ3n) is 3.42. The van der Waals surface area contributed by atoms with Gasteiger partial charge in [-0.3, -0.25) is 19.7 Å². The smallest absolute Gasteiger partial charge is 0.285 e. The van der Waals surface area contributed by atoms with E-state index in [4.69, 9.17) is 0 Å². The fourth-order valence-electron chi connectivity index (χ4n) is 1.95. The van der Waals surface area contributed by atoms with E-state index >= 15 is 0 Å². The molecule has 9 heteroatoms. The van der Waals surface area contributed by atoms with Crippen LogP contribution in [0.25, 0.3) is 0 Å². The molecule has 27 heavy (non-hydrogen) atoms. The number of nitrogens with one attached hydrogen (secondary N) is 1. The van der Waals surface area contributed by atoms with Crippen molar-refractivity contribution in [3.05, 3.63) is 58.6 Å².